The molecule has 0 fully saturated rings. The molecule has 0 saturated carbocycles. The number of halogens is 1. The Morgan fingerprint density at radius 3 is 2.38 bits per heavy atom. The Morgan fingerprint density at radius 1 is 0.941 bits per heavy atom. The molecule has 0 aliphatic carbocycles. The molecule has 0 bridgehead atoms. The molecule has 0 spiro atoms. The lowest BCUT2D eigenvalue weighted by molar-refractivity contribution is -0.119. The number of rotatable bonds is 7. The van der Waals surface area contributed by atoms with Gasteiger partial charge in [0.25, 0.3) is 17.7 Å². The molecule has 3 amide bonds. The first-order valence-electron chi connectivity index (χ1n) is 10.2. The number of hydrogen-bond acceptors (Lipinski definition) is 6. The fourth-order valence-corrected chi connectivity index (χ4v) is 3.61. The van der Waals surface area contributed by atoms with Crippen LogP contribution in [-0.4, -0.2) is 42.3 Å². The lowest BCUT2D eigenvalue weighted by Crippen LogP contribution is -2.29. The number of carbonyl (C=O) groups excluding carboxylic acids is 4. The number of amides is 3. The van der Waals surface area contributed by atoms with Gasteiger partial charge in [0, 0.05) is 5.02 Å². The average Bonchev–Trinajstić information content (AvgIpc) is 3.08. The van der Waals surface area contributed by atoms with Gasteiger partial charge in [0.05, 0.1) is 36.0 Å². The van der Waals surface area contributed by atoms with E-state index in [1.54, 1.807) is 48.5 Å². The summed E-state index contributed by atoms with van der Waals surface area (Å²) in [5.41, 5.74) is 1.53. The Bertz CT molecular complexity index is 1290. The van der Waals surface area contributed by atoms with Crippen LogP contribution in [0.4, 0.5) is 5.69 Å². The number of carbonyl (C=O) groups is 4. The van der Waals surface area contributed by atoms with E-state index in [2.05, 4.69) is 5.32 Å². The minimum absolute atomic E-state index is 0.0540. The first-order chi connectivity index (χ1) is 16.4. The number of ether oxygens (including phenoxy) is 2. The van der Waals surface area contributed by atoms with Gasteiger partial charge in [-0.15, -0.1) is 0 Å². The predicted octanol–water partition coefficient (Wildman–Crippen LogP) is 3.94. The first kappa shape index (κ1) is 23.0. The molecular weight excluding hydrogens is 460 g/mol. The van der Waals surface area contributed by atoms with Crippen molar-refractivity contribution in [2.24, 2.45) is 0 Å². The summed E-state index contributed by atoms with van der Waals surface area (Å²) >= 11 is 5.88. The summed E-state index contributed by atoms with van der Waals surface area (Å²) in [4.78, 5) is 51.3. The van der Waals surface area contributed by atoms with Gasteiger partial charge in [-0.05, 0) is 48.0 Å². The fourth-order valence-electron chi connectivity index (χ4n) is 3.48. The zero-order valence-corrected chi connectivity index (χ0v) is 18.8. The second-order valence-electron chi connectivity index (χ2n) is 7.41. The number of nitrogens with zero attached hydrogens (tertiary/aromatic N) is 1. The second kappa shape index (κ2) is 9.76. The van der Waals surface area contributed by atoms with Crippen molar-refractivity contribution in [2.45, 2.75) is 6.54 Å². The third kappa shape index (κ3) is 4.77. The highest BCUT2D eigenvalue weighted by atomic mass is 35.5. The molecule has 1 aliphatic heterocycles. The van der Waals surface area contributed by atoms with Gasteiger partial charge in [0.15, 0.2) is 6.61 Å². The van der Waals surface area contributed by atoms with Gasteiger partial charge in [-0.2, -0.15) is 0 Å². The van der Waals surface area contributed by atoms with Crippen molar-refractivity contribution in [1.29, 1.82) is 0 Å². The number of imide groups is 1. The van der Waals surface area contributed by atoms with Crippen LogP contribution in [0.2, 0.25) is 5.02 Å². The van der Waals surface area contributed by atoms with Crippen LogP contribution in [0.1, 0.15) is 36.6 Å². The van der Waals surface area contributed by atoms with Crippen molar-refractivity contribution in [1.82, 2.24) is 4.90 Å². The van der Waals surface area contributed by atoms with Crippen LogP contribution in [0.15, 0.2) is 66.7 Å². The van der Waals surface area contributed by atoms with Crippen molar-refractivity contribution in [2.75, 3.05) is 19.0 Å². The smallest absolute Gasteiger partial charge is 0.338 e. The lowest BCUT2D eigenvalue weighted by atomic mass is 10.1. The van der Waals surface area contributed by atoms with E-state index in [0.717, 1.165) is 10.5 Å². The van der Waals surface area contributed by atoms with Crippen LogP contribution in [0.25, 0.3) is 0 Å². The number of esters is 1. The maximum Gasteiger partial charge on any atom is 0.338 e. The molecule has 4 rings (SSSR count). The summed E-state index contributed by atoms with van der Waals surface area (Å²) in [7, 11) is 1.47. The number of nitrogens with one attached hydrogen (secondary N) is 1. The summed E-state index contributed by atoms with van der Waals surface area (Å²) < 4.78 is 10.2. The van der Waals surface area contributed by atoms with Gasteiger partial charge in [0.2, 0.25) is 0 Å². The molecule has 172 valence electrons. The molecule has 3 aromatic carbocycles. The minimum Gasteiger partial charge on any atom is -0.495 e. The summed E-state index contributed by atoms with van der Waals surface area (Å²) in [5, 5.41) is 3.15. The highest BCUT2D eigenvalue weighted by Crippen LogP contribution is 2.26. The molecule has 1 heterocycles. The fraction of sp³-hybridized carbons (Fsp3) is 0.120. The zero-order valence-electron chi connectivity index (χ0n) is 18.0. The maximum atomic E-state index is 12.8. The zero-order chi connectivity index (χ0) is 24.2. The van der Waals surface area contributed by atoms with E-state index in [1.165, 1.54) is 25.3 Å². The summed E-state index contributed by atoms with van der Waals surface area (Å²) in [6, 6.07) is 17.7. The largest absolute Gasteiger partial charge is 0.495 e. The number of fused-ring (bicyclic) bond motifs is 1. The Balaban J connectivity index is 1.41. The van der Waals surface area contributed by atoms with Gasteiger partial charge in [-0.25, -0.2) is 4.79 Å². The van der Waals surface area contributed by atoms with Crippen LogP contribution in [0.5, 0.6) is 5.75 Å². The van der Waals surface area contributed by atoms with Crippen LogP contribution in [0, 0.1) is 0 Å². The standard InChI is InChI=1S/C25H19ClN2O6/c1-33-21-5-3-2-4-20(21)27-22(29)14-34-25(32)16-8-11-18-19(12-16)24(31)28(23(18)30)13-15-6-9-17(26)10-7-15/h2-12H,13-14H2,1H3,(H,27,29). The van der Waals surface area contributed by atoms with E-state index in [9.17, 15) is 19.2 Å². The summed E-state index contributed by atoms with van der Waals surface area (Å²) in [6.07, 6.45) is 0. The van der Waals surface area contributed by atoms with Crippen molar-refractivity contribution in [3.63, 3.8) is 0 Å². The van der Waals surface area contributed by atoms with Gasteiger partial charge in [-0.1, -0.05) is 35.9 Å². The molecule has 0 aromatic heterocycles. The van der Waals surface area contributed by atoms with Crippen LogP contribution in [0.3, 0.4) is 0 Å². The summed E-state index contributed by atoms with van der Waals surface area (Å²) in [6.45, 7) is -0.462. The number of benzene rings is 3. The van der Waals surface area contributed by atoms with Crippen molar-refractivity contribution in [3.8, 4) is 5.75 Å². The van der Waals surface area contributed by atoms with Gasteiger partial charge < -0.3 is 14.8 Å². The molecule has 1 N–H and O–H groups in total. The number of hydrogen-bond donors (Lipinski definition) is 1. The molecule has 8 nitrogen and oxygen atoms in total. The van der Waals surface area contributed by atoms with Crippen LogP contribution in [-0.2, 0) is 16.1 Å². The third-order valence-corrected chi connectivity index (χ3v) is 5.43. The Hall–Kier alpha value is -4.17. The highest BCUT2D eigenvalue weighted by Gasteiger charge is 2.36. The van der Waals surface area contributed by atoms with E-state index in [4.69, 9.17) is 21.1 Å². The molecular formula is C25H19ClN2O6. The van der Waals surface area contributed by atoms with Crippen molar-refractivity contribution < 1.29 is 28.7 Å². The van der Waals surface area contributed by atoms with E-state index < -0.39 is 30.3 Å². The molecule has 0 saturated heterocycles. The number of para-hydroxylation sites is 2. The van der Waals surface area contributed by atoms with Gasteiger partial charge in [0.1, 0.15) is 5.75 Å². The summed E-state index contributed by atoms with van der Waals surface area (Å²) in [5.74, 6) is -1.86. The average molecular weight is 479 g/mol. The maximum absolute atomic E-state index is 12.8. The van der Waals surface area contributed by atoms with E-state index in [-0.39, 0.29) is 23.2 Å². The number of methoxy groups -OCH3 is 1. The van der Waals surface area contributed by atoms with Gasteiger partial charge >= 0.3 is 5.97 Å². The molecule has 0 unspecified atom stereocenters. The molecule has 1 aliphatic rings. The Kier molecular flexibility index (Phi) is 6.60. The molecule has 3 aromatic rings. The first-order valence-corrected chi connectivity index (χ1v) is 10.6. The quantitative estimate of drug-likeness (QED) is 0.407. The molecule has 34 heavy (non-hydrogen) atoms. The topological polar surface area (TPSA) is 102 Å². The van der Waals surface area contributed by atoms with Crippen molar-refractivity contribution in [3.05, 3.63) is 94.0 Å². The highest BCUT2D eigenvalue weighted by molar-refractivity contribution is 6.30. The molecule has 0 atom stereocenters. The second-order valence-corrected chi connectivity index (χ2v) is 7.84. The van der Waals surface area contributed by atoms with E-state index >= 15 is 0 Å². The monoisotopic (exact) mass is 478 g/mol. The third-order valence-electron chi connectivity index (χ3n) is 5.18. The molecule has 9 heteroatoms. The van der Waals surface area contributed by atoms with Crippen molar-refractivity contribution >= 4 is 41.0 Å². The Labute approximate surface area is 200 Å². The van der Waals surface area contributed by atoms with Crippen LogP contribution >= 0.6 is 11.6 Å². The van der Waals surface area contributed by atoms with Gasteiger partial charge in [-0.3, -0.25) is 19.3 Å². The van der Waals surface area contributed by atoms with Crippen LogP contribution < -0.4 is 10.1 Å². The Morgan fingerprint density at radius 2 is 1.65 bits per heavy atom. The van der Waals surface area contributed by atoms with E-state index in [1.807, 2.05) is 0 Å². The predicted molar refractivity (Wildman–Crippen MR) is 124 cm³/mol. The number of anilines is 1. The minimum atomic E-state index is -0.797. The molecule has 0 radical (unpaired) electrons. The van der Waals surface area contributed by atoms with E-state index in [0.29, 0.717) is 16.5 Å². The lowest BCUT2D eigenvalue weighted by Gasteiger charge is -2.13. The SMILES string of the molecule is COc1ccccc1NC(=O)COC(=O)c1ccc2c(c1)C(=O)N(Cc1ccc(Cl)cc1)C2=O. The normalized spacial score (nSPS) is 12.4.